The summed E-state index contributed by atoms with van der Waals surface area (Å²) >= 11 is 0. The maximum atomic E-state index is 6.78. The van der Waals surface area contributed by atoms with Crippen molar-refractivity contribution in [3.63, 3.8) is 0 Å². The molecular formula is C35H23NO2. The fourth-order valence-electron chi connectivity index (χ4n) is 5.07. The van der Waals surface area contributed by atoms with Crippen molar-refractivity contribution in [2.45, 2.75) is 0 Å². The Bertz CT molecular complexity index is 1790. The summed E-state index contributed by atoms with van der Waals surface area (Å²) in [5, 5.41) is 2.01. The van der Waals surface area contributed by atoms with Crippen molar-refractivity contribution in [2.75, 3.05) is 0 Å². The molecule has 0 N–H and O–H groups in total. The molecule has 0 atom stereocenters. The Kier molecular flexibility index (Phi) is 5.45. The van der Waals surface area contributed by atoms with Crippen LogP contribution in [0.15, 0.2) is 148 Å². The molecule has 0 spiro atoms. The first kappa shape index (κ1) is 22.1. The monoisotopic (exact) mass is 489 g/mol. The van der Waals surface area contributed by atoms with Crippen molar-refractivity contribution >= 4 is 10.8 Å². The number of oxazole rings is 1. The van der Waals surface area contributed by atoms with Crippen LogP contribution >= 0.6 is 0 Å². The van der Waals surface area contributed by atoms with Gasteiger partial charge in [0.2, 0.25) is 5.89 Å². The van der Waals surface area contributed by atoms with E-state index in [-0.39, 0.29) is 0 Å². The molecule has 0 aliphatic heterocycles. The summed E-state index contributed by atoms with van der Waals surface area (Å²) < 4.78 is 13.0. The SMILES string of the molecule is c1ccc(-c2ncc(-c3oc(-c4c(-c5ccccc5)cccc4-c4ccccc4)c4ccccc34)o2)cc1. The van der Waals surface area contributed by atoms with Crippen LogP contribution in [0.25, 0.3) is 67.3 Å². The second-order valence-electron chi connectivity index (χ2n) is 9.16. The van der Waals surface area contributed by atoms with Crippen LogP contribution in [0.4, 0.5) is 0 Å². The lowest BCUT2D eigenvalue weighted by Gasteiger charge is -2.14. The summed E-state index contributed by atoms with van der Waals surface area (Å²) in [6.45, 7) is 0. The molecule has 0 amide bonds. The molecule has 0 unspecified atom stereocenters. The molecule has 7 aromatic rings. The largest absolute Gasteiger partial charge is 0.451 e. The van der Waals surface area contributed by atoms with Gasteiger partial charge in [-0.25, -0.2) is 4.98 Å². The Morgan fingerprint density at radius 1 is 0.421 bits per heavy atom. The topological polar surface area (TPSA) is 39.2 Å². The third kappa shape index (κ3) is 3.82. The summed E-state index contributed by atoms with van der Waals surface area (Å²) in [5.74, 6) is 2.65. The number of rotatable bonds is 5. The Morgan fingerprint density at radius 2 is 0.921 bits per heavy atom. The van der Waals surface area contributed by atoms with Crippen LogP contribution in [0.5, 0.6) is 0 Å². The second kappa shape index (κ2) is 9.38. The first-order valence-corrected chi connectivity index (χ1v) is 12.6. The smallest absolute Gasteiger partial charge is 0.226 e. The minimum Gasteiger partial charge on any atom is -0.451 e. The lowest BCUT2D eigenvalue weighted by molar-refractivity contribution is 0.538. The highest BCUT2D eigenvalue weighted by Gasteiger charge is 2.24. The fraction of sp³-hybridized carbons (Fsp3) is 0. The lowest BCUT2D eigenvalue weighted by Crippen LogP contribution is -1.89. The van der Waals surface area contributed by atoms with Gasteiger partial charge in [0.05, 0.1) is 6.20 Å². The van der Waals surface area contributed by atoms with E-state index in [4.69, 9.17) is 8.83 Å². The van der Waals surface area contributed by atoms with Gasteiger partial charge < -0.3 is 8.83 Å². The van der Waals surface area contributed by atoms with E-state index in [1.54, 1.807) is 6.20 Å². The number of aromatic nitrogens is 1. The molecule has 0 aliphatic rings. The molecular weight excluding hydrogens is 466 g/mol. The highest BCUT2D eigenvalue weighted by Crippen LogP contribution is 2.46. The van der Waals surface area contributed by atoms with E-state index >= 15 is 0 Å². The maximum Gasteiger partial charge on any atom is 0.226 e. The molecule has 2 heterocycles. The Balaban J connectivity index is 1.49. The van der Waals surface area contributed by atoms with Gasteiger partial charge in [-0.3, -0.25) is 0 Å². The first-order valence-electron chi connectivity index (χ1n) is 12.6. The number of nitrogens with zero attached hydrogens (tertiary/aromatic N) is 1. The molecule has 3 nitrogen and oxygen atoms in total. The number of benzene rings is 5. The van der Waals surface area contributed by atoms with E-state index in [1.807, 2.05) is 54.6 Å². The van der Waals surface area contributed by atoms with Gasteiger partial charge in [-0.1, -0.05) is 121 Å². The number of furan rings is 1. The van der Waals surface area contributed by atoms with Gasteiger partial charge in [0.25, 0.3) is 0 Å². The molecule has 2 aromatic heterocycles. The minimum atomic E-state index is 0.567. The summed E-state index contributed by atoms with van der Waals surface area (Å²) in [6, 6.07) is 45.5. The van der Waals surface area contributed by atoms with Gasteiger partial charge in [0.15, 0.2) is 11.5 Å². The molecule has 0 aliphatic carbocycles. The van der Waals surface area contributed by atoms with Gasteiger partial charge in [-0.05, 0) is 34.4 Å². The van der Waals surface area contributed by atoms with Crippen LogP contribution in [0, 0.1) is 0 Å². The van der Waals surface area contributed by atoms with Gasteiger partial charge in [-0.15, -0.1) is 0 Å². The average Bonchev–Trinajstić information content (AvgIpc) is 3.64. The zero-order chi connectivity index (χ0) is 25.3. The van der Waals surface area contributed by atoms with Crippen LogP contribution in [0.3, 0.4) is 0 Å². The van der Waals surface area contributed by atoms with Crippen molar-refractivity contribution in [1.29, 1.82) is 0 Å². The van der Waals surface area contributed by atoms with Crippen LogP contribution in [0.2, 0.25) is 0 Å². The fourth-order valence-corrected chi connectivity index (χ4v) is 5.07. The summed E-state index contributed by atoms with van der Waals surface area (Å²) in [4.78, 5) is 4.56. The van der Waals surface area contributed by atoms with E-state index < -0.39 is 0 Å². The van der Waals surface area contributed by atoms with Gasteiger partial charge in [0, 0.05) is 21.9 Å². The molecule has 38 heavy (non-hydrogen) atoms. The summed E-state index contributed by atoms with van der Waals surface area (Å²) in [5.41, 5.74) is 6.47. The van der Waals surface area contributed by atoms with E-state index in [9.17, 15) is 0 Å². The number of hydrogen-bond acceptors (Lipinski definition) is 3. The summed E-state index contributed by atoms with van der Waals surface area (Å²) in [6.07, 6.45) is 1.75. The normalized spacial score (nSPS) is 11.2. The van der Waals surface area contributed by atoms with Crippen LogP contribution < -0.4 is 0 Å². The zero-order valence-electron chi connectivity index (χ0n) is 20.5. The second-order valence-corrected chi connectivity index (χ2v) is 9.16. The van der Waals surface area contributed by atoms with E-state index in [1.165, 1.54) is 0 Å². The molecule has 3 heteroatoms. The molecule has 0 saturated heterocycles. The van der Waals surface area contributed by atoms with Crippen molar-refractivity contribution in [2.24, 2.45) is 0 Å². The van der Waals surface area contributed by atoms with Gasteiger partial charge >= 0.3 is 0 Å². The third-order valence-corrected chi connectivity index (χ3v) is 6.83. The van der Waals surface area contributed by atoms with Crippen LogP contribution in [-0.4, -0.2) is 4.98 Å². The molecule has 5 aromatic carbocycles. The standard InChI is InChI=1S/C35H23NO2/c1-4-13-24(14-5-1)27-21-12-22-28(25-15-6-2-7-16-25)32(27)34-30-20-11-10-19-29(30)33(38-34)31-23-36-35(37-31)26-17-8-3-9-18-26/h1-23H. The van der Waals surface area contributed by atoms with E-state index in [2.05, 4.69) is 83.8 Å². The predicted octanol–water partition coefficient (Wildman–Crippen LogP) is 9.76. The van der Waals surface area contributed by atoms with Crippen molar-refractivity contribution in [3.8, 4) is 56.6 Å². The Morgan fingerprint density at radius 3 is 1.50 bits per heavy atom. The van der Waals surface area contributed by atoms with Crippen molar-refractivity contribution < 1.29 is 8.83 Å². The van der Waals surface area contributed by atoms with Gasteiger partial charge in [-0.2, -0.15) is 0 Å². The van der Waals surface area contributed by atoms with Crippen molar-refractivity contribution in [3.05, 3.63) is 140 Å². The molecule has 180 valence electrons. The van der Waals surface area contributed by atoms with Crippen LogP contribution in [-0.2, 0) is 0 Å². The third-order valence-electron chi connectivity index (χ3n) is 6.83. The lowest BCUT2D eigenvalue weighted by atomic mass is 9.89. The number of fused-ring (bicyclic) bond motifs is 1. The van der Waals surface area contributed by atoms with Crippen LogP contribution in [0.1, 0.15) is 0 Å². The molecule has 7 rings (SSSR count). The predicted molar refractivity (Wildman–Crippen MR) is 153 cm³/mol. The highest BCUT2D eigenvalue weighted by molar-refractivity contribution is 6.07. The Hall–Kier alpha value is -5.15. The first-order chi connectivity index (χ1) is 18.9. The van der Waals surface area contributed by atoms with Crippen molar-refractivity contribution in [1.82, 2.24) is 4.98 Å². The zero-order valence-corrected chi connectivity index (χ0v) is 20.5. The maximum absolute atomic E-state index is 6.78. The minimum absolute atomic E-state index is 0.567. The summed E-state index contributed by atoms with van der Waals surface area (Å²) in [7, 11) is 0. The number of hydrogen-bond donors (Lipinski definition) is 0. The molecule has 0 saturated carbocycles. The highest BCUT2D eigenvalue weighted by atomic mass is 16.4. The Labute approximate surface area is 220 Å². The molecule has 0 radical (unpaired) electrons. The molecule has 0 fully saturated rings. The van der Waals surface area contributed by atoms with Gasteiger partial charge in [0.1, 0.15) is 5.76 Å². The average molecular weight is 490 g/mol. The quantitative estimate of drug-likeness (QED) is 0.241. The van der Waals surface area contributed by atoms with E-state index in [0.717, 1.165) is 49.9 Å². The molecule has 0 bridgehead atoms. The van der Waals surface area contributed by atoms with E-state index in [0.29, 0.717) is 17.4 Å².